The first kappa shape index (κ1) is 16.7. The number of likely N-dealkylation sites (N-methyl/N-ethyl adjacent to an activating group) is 2. The van der Waals surface area contributed by atoms with E-state index in [0.717, 1.165) is 19.3 Å². The highest BCUT2D eigenvalue weighted by Gasteiger charge is 2.42. The van der Waals surface area contributed by atoms with E-state index in [9.17, 15) is 8.42 Å². The van der Waals surface area contributed by atoms with Crippen molar-refractivity contribution in [2.24, 2.45) is 0 Å². The van der Waals surface area contributed by atoms with Gasteiger partial charge in [0.25, 0.3) is 0 Å². The number of anilines is 1. The van der Waals surface area contributed by atoms with E-state index in [4.69, 9.17) is 5.73 Å². The zero-order valence-electron chi connectivity index (χ0n) is 12.6. The predicted molar refractivity (Wildman–Crippen MR) is 88.6 cm³/mol. The Balaban J connectivity index is 2.24. The number of hydrogen-bond donors (Lipinski definition) is 1. The number of nitrogen functional groups attached to an aromatic ring is 1. The van der Waals surface area contributed by atoms with Gasteiger partial charge in [-0.15, -0.1) is 0 Å². The summed E-state index contributed by atoms with van der Waals surface area (Å²) in [6.45, 7) is 0.498. The van der Waals surface area contributed by atoms with E-state index in [1.165, 1.54) is 10.4 Å². The molecule has 0 radical (unpaired) electrons. The molecule has 1 fully saturated rings. The van der Waals surface area contributed by atoms with Crippen LogP contribution < -0.4 is 5.73 Å². The van der Waals surface area contributed by atoms with E-state index in [1.807, 2.05) is 14.1 Å². The van der Waals surface area contributed by atoms with E-state index in [-0.39, 0.29) is 10.4 Å². The Morgan fingerprint density at radius 2 is 1.90 bits per heavy atom. The monoisotopic (exact) mass is 375 g/mol. The number of sulfonamides is 1. The van der Waals surface area contributed by atoms with Crippen molar-refractivity contribution in [3.63, 3.8) is 0 Å². The number of nitrogens with zero attached hydrogens (tertiary/aromatic N) is 2. The second-order valence-electron chi connectivity index (χ2n) is 5.92. The molecule has 0 aliphatic heterocycles. The van der Waals surface area contributed by atoms with Gasteiger partial charge in [0.05, 0.1) is 4.90 Å². The molecular weight excluding hydrogens is 354 g/mol. The number of hydrogen-bond acceptors (Lipinski definition) is 4. The van der Waals surface area contributed by atoms with Crippen LogP contribution in [0.4, 0.5) is 5.69 Å². The van der Waals surface area contributed by atoms with Crippen LogP contribution in [0.3, 0.4) is 0 Å². The lowest BCUT2D eigenvalue weighted by molar-refractivity contribution is 0.0455. The third-order valence-electron chi connectivity index (χ3n) is 4.43. The SMILES string of the molecule is CN(C)C1(CN(C)S(=O)(=O)c2ccc(Br)c(N)c2)CCC1. The average molecular weight is 376 g/mol. The highest BCUT2D eigenvalue weighted by atomic mass is 79.9. The van der Waals surface area contributed by atoms with E-state index in [0.29, 0.717) is 16.7 Å². The fourth-order valence-electron chi connectivity index (χ4n) is 2.69. The van der Waals surface area contributed by atoms with Crippen LogP contribution in [0.1, 0.15) is 19.3 Å². The average Bonchev–Trinajstić information content (AvgIpc) is 2.36. The molecule has 0 amide bonds. The molecule has 5 nitrogen and oxygen atoms in total. The second kappa shape index (κ2) is 5.87. The zero-order chi connectivity index (χ0) is 15.8. The Morgan fingerprint density at radius 3 is 2.33 bits per heavy atom. The first-order valence-electron chi connectivity index (χ1n) is 6.88. The number of rotatable bonds is 5. The van der Waals surface area contributed by atoms with Crippen molar-refractivity contribution in [3.05, 3.63) is 22.7 Å². The van der Waals surface area contributed by atoms with Crippen LogP contribution in [0.5, 0.6) is 0 Å². The number of halogens is 1. The summed E-state index contributed by atoms with van der Waals surface area (Å²) in [5.74, 6) is 0. The molecule has 1 aromatic carbocycles. The molecular formula is C14H22BrN3O2S. The molecule has 1 aliphatic rings. The van der Waals surface area contributed by atoms with E-state index in [2.05, 4.69) is 20.8 Å². The van der Waals surface area contributed by atoms with Gasteiger partial charge in [-0.3, -0.25) is 0 Å². The first-order valence-corrected chi connectivity index (χ1v) is 9.11. The van der Waals surface area contributed by atoms with Gasteiger partial charge in [0.1, 0.15) is 0 Å². The fraction of sp³-hybridized carbons (Fsp3) is 0.571. The highest BCUT2D eigenvalue weighted by Crippen LogP contribution is 2.37. The molecule has 2 rings (SSSR count). The quantitative estimate of drug-likeness (QED) is 0.800. The molecule has 2 N–H and O–H groups in total. The van der Waals surface area contributed by atoms with Crippen molar-refractivity contribution >= 4 is 31.6 Å². The molecule has 0 spiro atoms. The van der Waals surface area contributed by atoms with Gasteiger partial charge in [-0.05, 0) is 67.5 Å². The number of nitrogens with two attached hydrogens (primary N) is 1. The predicted octanol–water partition coefficient (Wildman–Crippen LogP) is 2.14. The zero-order valence-corrected chi connectivity index (χ0v) is 15.0. The van der Waals surface area contributed by atoms with E-state index >= 15 is 0 Å². The van der Waals surface area contributed by atoms with Gasteiger partial charge < -0.3 is 10.6 Å². The molecule has 7 heteroatoms. The van der Waals surface area contributed by atoms with E-state index in [1.54, 1.807) is 19.2 Å². The molecule has 0 saturated heterocycles. The van der Waals surface area contributed by atoms with E-state index < -0.39 is 10.0 Å². The third-order valence-corrected chi connectivity index (χ3v) is 6.95. The summed E-state index contributed by atoms with van der Waals surface area (Å²) in [5.41, 5.74) is 6.18. The van der Waals surface area contributed by atoms with Crippen molar-refractivity contribution in [3.8, 4) is 0 Å². The third kappa shape index (κ3) is 3.11. The lowest BCUT2D eigenvalue weighted by Crippen LogP contribution is -2.57. The minimum Gasteiger partial charge on any atom is -0.398 e. The van der Waals surface area contributed by atoms with Gasteiger partial charge in [-0.25, -0.2) is 8.42 Å². The van der Waals surface area contributed by atoms with Crippen LogP contribution in [-0.2, 0) is 10.0 Å². The van der Waals surface area contributed by atoms with Crippen LogP contribution >= 0.6 is 15.9 Å². The molecule has 21 heavy (non-hydrogen) atoms. The van der Waals surface area contributed by atoms with Crippen molar-refractivity contribution in [2.45, 2.75) is 29.7 Å². The normalized spacial score (nSPS) is 18.0. The van der Waals surface area contributed by atoms with Gasteiger partial charge in [0.2, 0.25) is 10.0 Å². The van der Waals surface area contributed by atoms with Crippen LogP contribution in [0, 0.1) is 0 Å². The van der Waals surface area contributed by atoms with Gasteiger partial charge in [-0.1, -0.05) is 0 Å². The number of benzene rings is 1. The summed E-state index contributed by atoms with van der Waals surface area (Å²) in [5, 5.41) is 0. The Hall–Kier alpha value is -0.630. The topological polar surface area (TPSA) is 66.6 Å². The molecule has 0 atom stereocenters. The highest BCUT2D eigenvalue weighted by molar-refractivity contribution is 9.10. The van der Waals surface area contributed by atoms with Gasteiger partial charge in [0.15, 0.2) is 0 Å². The van der Waals surface area contributed by atoms with Crippen LogP contribution in [-0.4, -0.2) is 50.8 Å². The standard InChI is InChI=1S/C14H22BrN3O2S/c1-17(2)14(7-4-8-14)10-18(3)21(19,20)11-5-6-12(15)13(16)9-11/h5-6,9H,4,7-8,10,16H2,1-3H3. The summed E-state index contributed by atoms with van der Waals surface area (Å²) in [4.78, 5) is 2.37. The molecule has 118 valence electrons. The molecule has 0 bridgehead atoms. The van der Waals surface area contributed by atoms with Crippen LogP contribution in [0.2, 0.25) is 0 Å². The lowest BCUT2D eigenvalue weighted by atomic mass is 9.75. The van der Waals surface area contributed by atoms with Gasteiger partial charge in [-0.2, -0.15) is 4.31 Å². The van der Waals surface area contributed by atoms with Crippen molar-refractivity contribution in [2.75, 3.05) is 33.4 Å². The molecule has 1 saturated carbocycles. The molecule has 1 aliphatic carbocycles. The maximum atomic E-state index is 12.7. The summed E-state index contributed by atoms with van der Waals surface area (Å²) in [6.07, 6.45) is 3.21. The summed E-state index contributed by atoms with van der Waals surface area (Å²) in [6, 6.07) is 4.75. The molecule has 0 aromatic heterocycles. The van der Waals surface area contributed by atoms with Crippen LogP contribution in [0.15, 0.2) is 27.6 Å². The maximum Gasteiger partial charge on any atom is 0.242 e. The van der Waals surface area contributed by atoms with Gasteiger partial charge in [0, 0.05) is 29.3 Å². The smallest absolute Gasteiger partial charge is 0.242 e. The van der Waals surface area contributed by atoms with Crippen molar-refractivity contribution < 1.29 is 8.42 Å². The summed E-state index contributed by atoms with van der Waals surface area (Å²) in [7, 11) is 2.14. The molecule has 0 unspecified atom stereocenters. The Morgan fingerprint density at radius 1 is 1.29 bits per heavy atom. The van der Waals surface area contributed by atoms with Crippen molar-refractivity contribution in [1.29, 1.82) is 0 Å². The molecule has 0 heterocycles. The van der Waals surface area contributed by atoms with Crippen LogP contribution in [0.25, 0.3) is 0 Å². The minimum absolute atomic E-state index is 0.0390. The summed E-state index contributed by atoms with van der Waals surface area (Å²) < 4.78 is 27.5. The Bertz CT molecular complexity index is 627. The first-order chi connectivity index (χ1) is 9.69. The Kier molecular flexibility index (Phi) is 4.68. The minimum atomic E-state index is -3.52. The van der Waals surface area contributed by atoms with Gasteiger partial charge >= 0.3 is 0 Å². The van der Waals surface area contributed by atoms with Crippen molar-refractivity contribution in [1.82, 2.24) is 9.21 Å². The largest absolute Gasteiger partial charge is 0.398 e. The summed E-state index contributed by atoms with van der Waals surface area (Å²) >= 11 is 3.28. The lowest BCUT2D eigenvalue weighted by Gasteiger charge is -2.48. The fourth-order valence-corrected chi connectivity index (χ4v) is 4.23. The molecule has 1 aromatic rings. The second-order valence-corrected chi connectivity index (χ2v) is 8.82. The Labute approximate surface area is 135 Å². The maximum absolute atomic E-state index is 12.7.